The third-order valence-electron chi connectivity index (χ3n) is 3.96. The van der Waals surface area contributed by atoms with Crippen molar-refractivity contribution >= 4 is 17.5 Å². The summed E-state index contributed by atoms with van der Waals surface area (Å²) < 4.78 is 18.4. The molecule has 1 N–H and O–H groups in total. The molecule has 1 aliphatic carbocycles. The van der Waals surface area contributed by atoms with Gasteiger partial charge in [0.1, 0.15) is 5.82 Å². The number of hydrogen-bond acceptors (Lipinski definition) is 4. The monoisotopic (exact) mass is 337 g/mol. The van der Waals surface area contributed by atoms with Crippen LogP contribution in [0.1, 0.15) is 54.2 Å². The molecule has 0 bridgehead atoms. The van der Waals surface area contributed by atoms with Gasteiger partial charge in [-0.05, 0) is 30.5 Å². The largest absolute Gasteiger partial charge is 0.417 e. The van der Waals surface area contributed by atoms with Gasteiger partial charge in [-0.15, -0.1) is 10.2 Å². The Morgan fingerprint density at radius 3 is 2.83 bits per heavy atom. The molecule has 0 unspecified atom stereocenters. The van der Waals surface area contributed by atoms with Gasteiger partial charge in [-0.2, -0.15) is 0 Å². The van der Waals surface area contributed by atoms with Gasteiger partial charge in [0.05, 0.1) is 6.42 Å². The molecular formula is C16H17ClFN3O2. The summed E-state index contributed by atoms with van der Waals surface area (Å²) in [5, 5.41) is 10.8. The second-order valence-corrected chi connectivity index (χ2v) is 6.13. The zero-order valence-corrected chi connectivity index (χ0v) is 13.3. The maximum absolute atomic E-state index is 13.0. The Morgan fingerprint density at radius 1 is 1.30 bits per heavy atom. The molecule has 1 aliphatic rings. The van der Waals surface area contributed by atoms with Gasteiger partial charge in [0.25, 0.3) is 0 Å². The van der Waals surface area contributed by atoms with Crippen LogP contribution in [0.4, 0.5) is 4.39 Å². The fraction of sp³-hybridized carbons (Fsp3) is 0.438. The fourth-order valence-electron chi connectivity index (χ4n) is 2.74. The Labute approximate surface area is 138 Å². The van der Waals surface area contributed by atoms with Crippen molar-refractivity contribution < 1.29 is 13.6 Å². The van der Waals surface area contributed by atoms with E-state index in [0.717, 1.165) is 25.7 Å². The molecule has 1 saturated carbocycles. The average Bonchev–Trinajstić information content (AvgIpc) is 3.00. The van der Waals surface area contributed by atoms with E-state index in [1.165, 1.54) is 18.6 Å². The molecule has 1 amide bonds. The summed E-state index contributed by atoms with van der Waals surface area (Å²) in [6.07, 6.45) is 5.69. The first-order valence-electron chi connectivity index (χ1n) is 7.69. The van der Waals surface area contributed by atoms with Crippen LogP contribution in [-0.2, 0) is 6.42 Å². The van der Waals surface area contributed by atoms with Gasteiger partial charge in [-0.25, -0.2) is 4.39 Å². The second kappa shape index (κ2) is 7.08. The van der Waals surface area contributed by atoms with Crippen LogP contribution in [0, 0.1) is 5.82 Å². The van der Waals surface area contributed by atoms with Crippen molar-refractivity contribution in [2.24, 2.45) is 0 Å². The van der Waals surface area contributed by atoms with Gasteiger partial charge >= 0.3 is 11.8 Å². The lowest BCUT2D eigenvalue weighted by atomic mass is 9.95. The highest BCUT2D eigenvalue weighted by Gasteiger charge is 2.21. The Hall–Kier alpha value is -1.95. The number of rotatable bonds is 4. The predicted molar refractivity (Wildman–Crippen MR) is 82.9 cm³/mol. The number of amides is 1. The van der Waals surface area contributed by atoms with Crippen molar-refractivity contribution in [2.45, 2.75) is 44.6 Å². The van der Waals surface area contributed by atoms with Gasteiger partial charge in [0, 0.05) is 11.1 Å². The lowest BCUT2D eigenvalue weighted by Gasteiger charge is -2.21. The minimum atomic E-state index is -0.406. The molecule has 1 fully saturated rings. The number of hydrogen-bond donors (Lipinski definition) is 1. The van der Waals surface area contributed by atoms with E-state index >= 15 is 0 Å². The summed E-state index contributed by atoms with van der Waals surface area (Å²) in [7, 11) is 0. The fourth-order valence-corrected chi connectivity index (χ4v) is 2.97. The van der Waals surface area contributed by atoms with Crippen LogP contribution in [0.5, 0.6) is 0 Å². The Kier molecular flexibility index (Phi) is 4.91. The number of benzene rings is 1. The Morgan fingerprint density at radius 2 is 2.09 bits per heavy atom. The highest BCUT2D eigenvalue weighted by Crippen LogP contribution is 2.21. The smallest absolute Gasteiger partial charge is 0.309 e. The third kappa shape index (κ3) is 4.07. The molecule has 7 heteroatoms. The van der Waals surface area contributed by atoms with E-state index in [4.69, 9.17) is 16.0 Å². The van der Waals surface area contributed by atoms with E-state index in [-0.39, 0.29) is 35.2 Å². The number of halogens is 2. The van der Waals surface area contributed by atoms with Crippen molar-refractivity contribution in [3.63, 3.8) is 0 Å². The van der Waals surface area contributed by atoms with Crippen molar-refractivity contribution in [3.05, 3.63) is 46.4 Å². The minimum absolute atomic E-state index is 0.0520. The number of nitrogens with zero attached hydrogens (tertiary/aromatic N) is 2. The summed E-state index contributed by atoms with van der Waals surface area (Å²) in [5.74, 6) is -0.534. The Balaban J connectivity index is 1.64. The molecule has 0 spiro atoms. The van der Waals surface area contributed by atoms with Crippen LogP contribution in [0.25, 0.3) is 0 Å². The van der Waals surface area contributed by atoms with E-state index < -0.39 is 5.82 Å². The first-order chi connectivity index (χ1) is 11.1. The van der Waals surface area contributed by atoms with Crippen molar-refractivity contribution in [2.75, 3.05) is 0 Å². The van der Waals surface area contributed by atoms with Gasteiger partial charge in [-0.1, -0.05) is 36.9 Å². The molecule has 0 saturated heterocycles. The predicted octanol–water partition coefficient (Wildman–Crippen LogP) is 3.52. The summed E-state index contributed by atoms with van der Waals surface area (Å²) in [5.41, 5.74) is 0.663. The summed E-state index contributed by atoms with van der Waals surface area (Å²) in [6, 6.07) is 4.28. The first-order valence-corrected chi connectivity index (χ1v) is 8.07. The van der Waals surface area contributed by atoms with Crippen LogP contribution in [-0.4, -0.2) is 22.1 Å². The van der Waals surface area contributed by atoms with Gasteiger partial charge in [0.2, 0.25) is 5.89 Å². The molecule has 3 rings (SSSR count). The lowest BCUT2D eigenvalue weighted by Crippen LogP contribution is -2.36. The van der Waals surface area contributed by atoms with E-state index in [2.05, 4.69) is 15.5 Å². The third-order valence-corrected chi connectivity index (χ3v) is 4.31. The van der Waals surface area contributed by atoms with E-state index in [1.54, 1.807) is 6.07 Å². The molecule has 0 atom stereocenters. The number of carbonyl (C=O) groups is 1. The summed E-state index contributed by atoms with van der Waals surface area (Å²) in [6.45, 7) is 0. The highest BCUT2D eigenvalue weighted by molar-refractivity contribution is 6.31. The molecule has 122 valence electrons. The van der Waals surface area contributed by atoms with Gasteiger partial charge < -0.3 is 9.73 Å². The molecular weight excluding hydrogens is 321 g/mol. The molecule has 1 heterocycles. The van der Waals surface area contributed by atoms with Crippen LogP contribution in [0.15, 0.2) is 22.6 Å². The maximum atomic E-state index is 13.0. The molecule has 5 nitrogen and oxygen atoms in total. The van der Waals surface area contributed by atoms with Crippen LogP contribution in [0.3, 0.4) is 0 Å². The molecule has 0 radical (unpaired) electrons. The summed E-state index contributed by atoms with van der Waals surface area (Å²) >= 11 is 5.97. The quantitative estimate of drug-likeness (QED) is 0.927. The van der Waals surface area contributed by atoms with E-state index in [1.807, 2.05) is 0 Å². The summed E-state index contributed by atoms with van der Waals surface area (Å²) in [4.78, 5) is 12.1. The average molecular weight is 338 g/mol. The maximum Gasteiger partial charge on any atom is 0.309 e. The Bertz CT molecular complexity index is 698. The highest BCUT2D eigenvalue weighted by atomic mass is 35.5. The van der Waals surface area contributed by atoms with Crippen LogP contribution < -0.4 is 5.32 Å². The van der Waals surface area contributed by atoms with Crippen LogP contribution >= 0.6 is 11.6 Å². The molecule has 0 aliphatic heterocycles. The zero-order chi connectivity index (χ0) is 16.2. The van der Waals surface area contributed by atoms with Gasteiger partial charge in [0.15, 0.2) is 0 Å². The number of nitrogens with one attached hydrogen (secondary N) is 1. The minimum Gasteiger partial charge on any atom is -0.417 e. The zero-order valence-electron chi connectivity index (χ0n) is 12.5. The first kappa shape index (κ1) is 15.9. The van der Waals surface area contributed by atoms with Gasteiger partial charge in [-0.3, -0.25) is 4.79 Å². The topological polar surface area (TPSA) is 68.0 Å². The van der Waals surface area contributed by atoms with Crippen LogP contribution in [0.2, 0.25) is 5.02 Å². The second-order valence-electron chi connectivity index (χ2n) is 5.72. The van der Waals surface area contributed by atoms with Crippen molar-refractivity contribution in [1.29, 1.82) is 0 Å². The van der Waals surface area contributed by atoms with Crippen molar-refractivity contribution in [3.8, 4) is 0 Å². The van der Waals surface area contributed by atoms with E-state index in [0.29, 0.717) is 5.56 Å². The molecule has 23 heavy (non-hydrogen) atoms. The molecule has 1 aromatic heterocycles. The standard InChI is InChI=1S/C16H17ClFN3O2/c17-13-9-11(18)7-6-10(13)8-14-20-21-16(23-14)15(22)19-12-4-2-1-3-5-12/h6-7,9,12H,1-5,8H2,(H,19,22). The number of aromatic nitrogens is 2. The van der Waals surface area contributed by atoms with E-state index in [9.17, 15) is 9.18 Å². The molecule has 1 aromatic carbocycles. The molecule has 2 aromatic rings. The lowest BCUT2D eigenvalue weighted by molar-refractivity contribution is 0.0891. The normalized spacial score (nSPS) is 15.6. The number of carbonyl (C=O) groups excluding carboxylic acids is 1. The van der Waals surface area contributed by atoms with Crippen molar-refractivity contribution in [1.82, 2.24) is 15.5 Å². The SMILES string of the molecule is O=C(NC1CCCCC1)c1nnc(Cc2ccc(F)cc2Cl)o1.